The van der Waals surface area contributed by atoms with Crippen molar-refractivity contribution in [1.29, 1.82) is 0 Å². The summed E-state index contributed by atoms with van der Waals surface area (Å²) in [4.78, 5) is 22.0. The number of carbonyl (C=O) groups excluding carboxylic acids is 2. The molecule has 104 valence electrons. The minimum absolute atomic E-state index is 0.165. The van der Waals surface area contributed by atoms with E-state index in [1.807, 2.05) is 0 Å². The van der Waals surface area contributed by atoms with Gasteiger partial charge in [-0.1, -0.05) is 0 Å². The molecule has 2 heterocycles. The Labute approximate surface area is 111 Å². The summed E-state index contributed by atoms with van der Waals surface area (Å²) in [7, 11) is 0. The second-order valence-corrected chi connectivity index (χ2v) is 5.32. The number of nitrogens with one attached hydrogen (secondary N) is 2. The molecule has 0 unspecified atom stereocenters. The molecule has 4 nitrogen and oxygen atoms in total. The van der Waals surface area contributed by atoms with E-state index in [1.165, 1.54) is 6.92 Å². The summed E-state index contributed by atoms with van der Waals surface area (Å²) in [5.74, 6) is -0.705. The van der Waals surface area contributed by atoms with Crippen LogP contribution >= 0.6 is 11.3 Å². The molecule has 0 aromatic carbocycles. The minimum Gasteiger partial charge on any atom is -0.344 e. The van der Waals surface area contributed by atoms with E-state index in [9.17, 15) is 22.8 Å². The molecule has 2 rings (SSSR count). The molecule has 1 fully saturated rings. The van der Waals surface area contributed by atoms with E-state index in [0.717, 1.165) is 6.07 Å². The molecule has 0 spiro atoms. The predicted molar refractivity (Wildman–Crippen MR) is 63.9 cm³/mol. The zero-order valence-electron chi connectivity index (χ0n) is 9.93. The third-order valence-electron chi connectivity index (χ3n) is 2.75. The third-order valence-corrected chi connectivity index (χ3v) is 3.94. The number of alkyl halides is 3. The molecular weight excluding hydrogens is 281 g/mol. The van der Waals surface area contributed by atoms with E-state index in [0.29, 0.717) is 23.3 Å². The van der Waals surface area contributed by atoms with Crippen LogP contribution in [0.4, 0.5) is 18.2 Å². The van der Waals surface area contributed by atoms with Gasteiger partial charge in [0, 0.05) is 6.42 Å². The first-order chi connectivity index (χ1) is 8.77. The zero-order chi connectivity index (χ0) is 14.2. The normalized spacial score (nSPS) is 19.4. The van der Waals surface area contributed by atoms with Gasteiger partial charge in [0.25, 0.3) is 0 Å². The highest BCUT2D eigenvalue weighted by Gasteiger charge is 2.34. The number of hydrogen-bond acceptors (Lipinski definition) is 3. The fourth-order valence-electron chi connectivity index (χ4n) is 1.76. The maximum Gasteiger partial charge on any atom is 0.425 e. The van der Waals surface area contributed by atoms with Crippen molar-refractivity contribution in [3.63, 3.8) is 0 Å². The number of carbonyl (C=O) groups is 2. The van der Waals surface area contributed by atoms with Gasteiger partial charge in [0.15, 0.2) is 0 Å². The lowest BCUT2D eigenvalue weighted by molar-refractivity contribution is -0.134. The molecule has 1 saturated heterocycles. The van der Waals surface area contributed by atoms with Crippen LogP contribution < -0.4 is 10.6 Å². The van der Waals surface area contributed by atoms with Crippen LogP contribution in [0.1, 0.15) is 23.3 Å². The van der Waals surface area contributed by atoms with Gasteiger partial charge in [0.2, 0.25) is 11.8 Å². The van der Waals surface area contributed by atoms with Gasteiger partial charge in [0.1, 0.15) is 10.9 Å². The standard InChI is InChI=1S/C11H11F3N2O2S/c1-5-4-7(11(12,13)14)19-10(5)16-9(18)6-2-3-8(17)15-6/h4,6H,2-3H2,1H3,(H,15,17)(H,16,18)/t6-/m0/s1. The SMILES string of the molecule is Cc1cc(C(F)(F)F)sc1NC(=O)[C@@H]1CCC(=O)N1. The number of rotatable bonds is 2. The lowest BCUT2D eigenvalue weighted by atomic mass is 10.2. The molecule has 1 atom stereocenters. The monoisotopic (exact) mass is 292 g/mol. The maximum absolute atomic E-state index is 12.5. The van der Waals surface area contributed by atoms with Crippen LogP contribution in [0.15, 0.2) is 6.07 Å². The highest BCUT2D eigenvalue weighted by molar-refractivity contribution is 7.16. The van der Waals surface area contributed by atoms with Crippen LogP contribution in [-0.4, -0.2) is 17.9 Å². The summed E-state index contributed by atoms with van der Waals surface area (Å²) in [6.45, 7) is 1.49. The smallest absolute Gasteiger partial charge is 0.344 e. The Balaban J connectivity index is 2.09. The van der Waals surface area contributed by atoms with Crippen molar-refractivity contribution >= 4 is 28.2 Å². The van der Waals surface area contributed by atoms with Crippen molar-refractivity contribution in [2.75, 3.05) is 5.32 Å². The van der Waals surface area contributed by atoms with Gasteiger partial charge in [-0.2, -0.15) is 13.2 Å². The second kappa shape index (κ2) is 4.84. The molecule has 0 saturated carbocycles. The Morgan fingerprint density at radius 1 is 1.53 bits per heavy atom. The van der Waals surface area contributed by atoms with E-state index >= 15 is 0 Å². The Morgan fingerprint density at radius 3 is 2.68 bits per heavy atom. The van der Waals surface area contributed by atoms with Gasteiger partial charge in [-0.15, -0.1) is 11.3 Å². The van der Waals surface area contributed by atoms with Crippen molar-refractivity contribution in [2.45, 2.75) is 32.0 Å². The van der Waals surface area contributed by atoms with E-state index in [4.69, 9.17) is 0 Å². The van der Waals surface area contributed by atoms with Crippen LogP contribution in [0, 0.1) is 6.92 Å². The third kappa shape index (κ3) is 3.06. The summed E-state index contributed by atoms with van der Waals surface area (Å²) in [5, 5.41) is 5.06. The summed E-state index contributed by atoms with van der Waals surface area (Å²) < 4.78 is 37.5. The van der Waals surface area contributed by atoms with Gasteiger partial charge in [-0.25, -0.2) is 0 Å². The van der Waals surface area contributed by atoms with Crippen LogP contribution in [0.2, 0.25) is 0 Å². The zero-order valence-corrected chi connectivity index (χ0v) is 10.7. The van der Waals surface area contributed by atoms with Gasteiger partial charge in [-0.05, 0) is 25.0 Å². The van der Waals surface area contributed by atoms with Crippen molar-refractivity contribution in [3.8, 4) is 0 Å². The van der Waals surface area contributed by atoms with Gasteiger partial charge >= 0.3 is 6.18 Å². The fraction of sp³-hybridized carbons (Fsp3) is 0.455. The molecule has 1 aliphatic rings. The molecule has 1 aliphatic heterocycles. The van der Waals surface area contributed by atoms with E-state index < -0.39 is 23.0 Å². The number of halogens is 3. The predicted octanol–water partition coefficient (Wildman–Crippen LogP) is 2.29. The topological polar surface area (TPSA) is 58.2 Å². The molecule has 0 radical (unpaired) electrons. The molecule has 2 N–H and O–H groups in total. The maximum atomic E-state index is 12.5. The molecule has 1 aromatic heterocycles. The van der Waals surface area contributed by atoms with E-state index in [2.05, 4.69) is 10.6 Å². The Kier molecular flexibility index (Phi) is 3.53. The van der Waals surface area contributed by atoms with Crippen molar-refractivity contribution in [1.82, 2.24) is 5.32 Å². The van der Waals surface area contributed by atoms with Crippen molar-refractivity contribution in [3.05, 3.63) is 16.5 Å². The van der Waals surface area contributed by atoms with Crippen LogP contribution in [0.5, 0.6) is 0 Å². The second-order valence-electron chi connectivity index (χ2n) is 4.27. The van der Waals surface area contributed by atoms with Crippen LogP contribution in [0.25, 0.3) is 0 Å². The Bertz CT molecular complexity index is 525. The average molecular weight is 292 g/mol. The average Bonchev–Trinajstić information content (AvgIpc) is 2.85. The minimum atomic E-state index is -4.42. The first-order valence-electron chi connectivity index (χ1n) is 5.55. The lowest BCUT2D eigenvalue weighted by Crippen LogP contribution is -2.37. The van der Waals surface area contributed by atoms with Crippen molar-refractivity contribution in [2.24, 2.45) is 0 Å². The van der Waals surface area contributed by atoms with Crippen molar-refractivity contribution < 1.29 is 22.8 Å². The van der Waals surface area contributed by atoms with E-state index in [-0.39, 0.29) is 17.3 Å². The fourth-order valence-corrected chi connectivity index (χ4v) is 2.70. The lowest BCUT2D eigenvalue weighted by Gasteiger charge is -2.10. The number of aryl methyl sites for hydroxylation is 1. The molecule has 19 heavy (non-hydrogen) atoms. The quantitative estimate of drug-likeness (QED) is 0.878. The van der Waals surface area contributed by atoms with Gasteiger partial charge in [-0.3, -0.25) is 9.59 Å². The highest BCUT2D eigenvalue weighted by Crippen LogP contribution is 2.39. The molecule has 2 amide bonds. The molecule has 0 aliphatic carbocycles. The van der Waals surface area contributed by atoms with Crippen LogP contribution in [-0.2, 0) is 15.8 Å². The number of amides is 2. The summed E-state index contributed by atoms with van der Waals surface area (Å²) >= 11 is 0.485. The van der Waals surface area contributed by atoms with Gasteiger partial charge in [0.05, 0.1) is 5.00 Å². The first-order valence-corrected chi connectivity index (χ1v) is 6.37. The summed E-state index contributed by atoms with van der Waals surface area (Å²) in [6.07, 6.45) is -3.80. The highest BCUT2D eigenvalue weighted by atomic mass is 32.1. The van der Waals surface area contributed by atoms with E-state index in [1.54, 1.807) is 0 Å². The Hall–Kier alpha value is -1.57. The Morgan fingerprint density at radius 2 is 2.21 bits per heavy atom. The summed E-state index contributed by atoms with van der Waals surface area (Å²) in [6, 6.07) is 0.330. The molecule has 8 heteroatoms. The number of anilines is 1. The largest absolute Gasteiger partial charge is 0.425 e. The molecular formula is C11H11F3N2O2S. The first kappa shape index (κ1) is 13.9. The number of thiophene rings is 1. The molecule has 1 aromatic rings. The summed E-state index contributed by atoms with van der Waals surface area (Å²) in [5.41, 5.74) is 0.356. The van der Waals surface area contributed by atoms with Crippen LogP contribution in [0.3, 0.4) is 0 Å². The number of hydrogen-bond donors (Lipinski definition) is 2. The van der Waals surface area contributed by atoms with Gasteiger partial charge < -0.3 is 10.6 Å². The molecule has 0 bridgehead atoms.